The molecular weight excluding hydrogens is 302 g/mol. The highest BCUT2D eigenvalue weighted by atomic mass is 35.5. The largest absolute Gasteiger partial charge is 0.272 e. The van der Waals surface area contributed by atoms with Gasteiger partial charge < -0.3 is 0 Å². The molecule has 102 valence electrons. The first-order valence-electron chi connectivity index (χ1n) is 5.39. The van der Waals surface area contributed by atoms with Gasteiger partial charge in [0.2, 0.25) is 0 Å². The SMILES string of the molecule is O=C(N/N=C/c1cccs1)c1ccc([N+](=O)[O-])cc1Cl. The normalized spacial score (nSPS) is 10.7. The van der Waals surface area contributed by atoms with Crippen molar-refractivity contribution in [2.24, 2.45) is 5.10 Å². The number of nitrogens with one attached hydrogen (secondary N) is 1. The number of rotatable bonds is 4. The third kappa shape index (κ3) is 3.40. The summed E-state index contributed by atoms with van der Waals surface area (Å²) in [6.45, 7) is 0. The van der Waals surface area contributed by atoms with Gasteiger partial charge in [-0.2, -0.15) is 5.10 Å². The van der Waals surface area contributed by atoms with Crippen molar-refractivity contribution in [3.63, 3.8) is 0 Å². The van der Waals surface area contributed by atoms with Crippen molar-refractivity contribution in [3.8, 4) is 0 Å². The Morgan fingerprint density at radius 2 is 2.25 bits per heavy atom. The highest BCUT2D eigenvalue weighted by Gasteiger charge is 2.14. The number of carbonyl (C=O) groups is 1. The summed E-state index contributed by atoms with van der Waals surface area (Å²) in [5.41, 5.74) is 2.26. The number of halogens is 1. The molecule has 0 saturated carbocycles. The molecule has 2 rings (SSSR count). The van der Waals surface area contributed by atoms with Crippen LogP contribution < -0.4 is 5.43 Å². The molecule has 1 aromatic carbocycles. The van der Waals surface area contributed by atoms with Gasteiger partial charge >= 0.3 is 0 Å². The molecule has 0 aliphatic carbocycles. The Morgan fingerprint density at radius 3 is 2.85 bits per heavy atom. The molecule has 0 saturated heterocycles. The third-order valence-corrected chi connectivity index (χ3v) is 3.43. The van der Waals surface area contributed by atoms with E-state index in [-0.39, 0.29) is 16.3 Å². The van der Waals surface area contributed by atoms with Crippen molar-refractivity contribution in [2.75, 3.05) is 0 Å². The number of hydrogen-bond donors (Lipinski definition) is 1. The van der Waals surface area contributed by atoms with Crippen LogP contribution in [0, 0.1) is 10.1 Å². The minimum Gasteiger partial charge on any atom is -0.267 e. The Hall–Kier alpha value is -2.25. The minimum absolute atomic E-state index is 0.00280. The molecule has 0 radical (unpaired) electrons. The lowest BCUT2D eigenvalue weighted by atomic mass is 10.2. The quantitative estimate of drug-likeness (QED) is 0.535. The highest BCUT2D eigenvalue weighted by Crippen LogP contribution is 2.22. The molecule has 1 heterocycles. The topological polar surface area (TPSA) is 84.6 Å². The van der Waals surface area contributed by atoms with Gasteiger partial charge in [0.25, 0.3) is 11.6 Å². The van der Waals surface area contributed by atoms with Crippen molar-refractivity contribution in [3.05, 3.63) is 61.3 Å². The van der Waals surface area contributed by atoms with Crippen molar-refractivity contribution in [1.29, 1.82) is 0 Å². The maximum atomic E-state index is 11.8. The van der Waals surface area contributed by atoms with Crippen LogP contribution in [0.1, 0.15) is 15.2 Å². The summed E-state index contributed by atoms with van der Waals surface area (Å²) in [5.74, 6) is -0.530. The van der Waals surface area contributed by atoms with E-state index in [1.807, 2.05) is 17.5 Å². The highest BCUT2D eigenvalue weighted by molar-refractivity contribution is 7.11. The molecule has 0 unspecified atom stereocenters. The fourth-order valence-electron chi connectivity index (χ4n) is 1.38. The lowest BCUT2D eigenvalue weighted by molar-refractivity contribution is -0.384. The van der Waals surface area contributed by atoms with Crippen LogP contribution in [0.3, 0.4) is 0 Å². The predicted octanol–water partition coefficient (Wildman–Crippen LogP) is 3.07. The molecule has 0 aliphatic heterocycles. The summed E-state index contributed by atoms with van der Waals surface area (Å²) in [4.78, 5) is 22.7. The molecule has 6 nitrogen and oxygen atoms in total. The number of hydrazone groups is 1. The molecular formula is C12H8ClN3O3S. The van der Waals surface area contributed by atoms with E-state index >= 15 is 0 Å². The maximum Gasteiger partial charge on any atom is 0.272 e. The molecule has 1 N–H and O–H groups in total. The maximum absolute atomic E-state index is 11.8. The van der Waals surface area contributed by atoms with E-state index in [0.29, 0.717) is 0 Å². The molecule has 0 aliphatic rings. The van der Waals surface area contributed by atoms with Gasteiger partial charge in [0.15, 0.2) is 0 Å². The van der Waals surface area contributed by atoms with Crippen LogP contribution >= 0.6 is 22.9 Å². The van der Waals surface area contributed by atoms with E-state index in [2.05, 4.69) is 10.5 Å². The van der Waals surface area contributed by atoms with Gasteiger partial charge in [-0.25, -0.2) is 5.43 Å². The standard InChI is InChI=1S/C12H8ClN3O3S/c13-11-6-8(16(18)19)3-4-10(11)12(17)15-14-7-9-2-1-5-20-9/h1-7H,(H,15,17)/b14-7+. The molecule has 2 aromatic rings. The monoisotopic (exact) mass is 309 g/mol. The van der Waals surface area contributed by atoms with Crippen LogP contribution in [0.5, 0.6) is 0 Å². The first kappa shape index (κ1) is 14.2. The Morgan fingerprint density at radius 1 is 1.45 bits per heavy atom. The van der Waals surface area contributed by atoms with Crippen molar-refractivity contribution in [1.82, 2.24) is 5.43 Å². The number of thiophene rings is 1. The first-order chi connectivity index (χ1) is 9.58. The fourth-order valence-corrected chi connectivity index (χ4v) is 2.23. The number of nitrogens with zero attached hydrogens (tertiary/aromatic N) is 2. The molecule has 0 atom stereocenters. The summed E-state index contributed by atoms with van der Waals surface area (Å²) >= 11 is 7.31. The van der Waals surface area contributed by atoms with Gasteiger partial charge in [-0.3, -0.25) is 14.9 Å². The van der Waals surface area contributed by atoms with E-state index < -0.39 is 10.8 Å². The van der Waals surface area contributed by atoms with Crippen LogP contribution in [-0.4, -0.2) is 17.0 Å². The molecule has 1 aromatic heterocycles. The number of nitro groups is 1. The fraction of sp³-hybridized carbons (Fsp3) is 0. The van der Waals surface area contributed by atoms with Gasteiger partial charge in [-0.05, 0) is 17.5 Å². The zero-order valence-corrected chi connectivity index (χ0v) is 11.5. The molecule has 20 heavy (non-hydrogen) atoms. The van der Waals surface area contributed by atoms with E-state index in [4.69, 9.17) is 11.6 Å². The summed E-state index contributed by atoms with van der Waals surface area (Å²) < 4.78 is 0. The Kier molecular flexibility index (Phi) is 4.44. The number of carbonyl (C=O) groups excluding carboxylic acids is 1. The Labute approximate surface area is 122 Å². The summed E-state index contributed by atoms with van der Waals surface area (Å²) in [7, 11) is 0. The number of benzene rings is 1. The number of hydrogen-bond acceptors (Lipinski definition) is 5. The average Bonchev–Trinajstić information content (AvgIpc) is 2.91. The third-order valence-electron chi connectivity index (χ3n) is 2.31. The zero-order valence-electron chi connectivity index (χ0n) is 9.95. The van der Waals surface area contributed by atoms with Gasteiger partial charge in [0, 0.05) is 17.0 Å². The second kappa shape index (κ2) is 6.27. The Balaban J connectivity index is 2.08. The zero-order chi connectivity index (χ0) is 14.5. The van der Waals surface area contributed by atoms with E-state index in [0.717, 1.165) is 10.9 Å². The molecule has 8 heteroatoms. The molecule has 0 spiro atoms. The lowest BCUT2D eigenvalue weighted by Crippen LogP contribution is -2.18. The van der Waals surface area contributed by atoms with Crippen LogP contribution in [0.25, 0.3) is 0 Å². The van der Waals surface area contributed by atoms with Gasteiger partial charge in [0.1, 0.15) is 0 Å². The first-order valence-corrected chi connectivity index (χ1v) is 6.64. The van der Waals surface area contributed by atoms with Gasteiger partial charge in [0.05, 0.1) is 21.7 Å². The van der Waals surface area contributed by atoms with Crippen LogP contribution in [0.2, 0.25) is 5.02 Å². The number of nitro benzene ring substituents is 1. The van der Waals surface area contributed by atoms with E-state index in [9.17, 15) is 14.9 Å². The predicted molar refractivity (Wildman–Crippen MR) is 77.5 cm³/mol. The van der Waals surface area contributed by atoms with Crippen molar-refractivity contribution < 1.29 is 9.72 Å². The minimum atomic E-state index is -0.581. The van der Waals surface area contributed by atoms with Crippen LogP contribution in [0.4, 0.5) is 5.69 Å². The summed E-state index contributed by atoms with van der Waals surface area (Å²) in [5, 5.41) is 16.2. The molecule has 0 bridgehead atoms. The van der Waals surface area contributed by atoms with Gasteiger partial charge in [-0.15, -0.1) is 11.3 Å². The van der Waals surface area contributed by atoms with Crippen molar-refractivity contribution in [2.45, 2.75) is 0 Å². The lowest BCUT2D eigenvalue weighted by Gasteiger charge is -2.02. The summed E-state index contributed by atoms with van der Waals surface area (Å²) in [6, 6.07) is 7.33. The average molecular weight is 310 g/mol. The second-order valence-corrected chi connectivity index (χ2v) is 5.02. The van der Waals surface area contributed by atoms with Crippen LogP contribution in [0.15, 0.2) is 40.8 Å². The van der Waals surface area contributed by atoms with Gasteiger partial charge in [-0.1, -0.05) is 17.7 Å². The molecule has 1 amide bonds. The Bertz CT molecular complexity index is 671. The molecule has 0 fully saturated rings. The number of non-ortho nitro benzene ring substituents is 1. The van der Waals surface area contributed by atoms with Crippen LogP contribution in [-0.2, 0) is 0 Å². The van der Waals surface area contributed by atoms with Crippen molar-refractivity contribution >= 4 is 40.7 Å². The smallest absolute Gasteiger partial charge is 0.267 e. The van der Waals surface area contributed by atoms with E-state index in [1.165, 1.54) is 29.7 Å². The summed E-state index contributed by atoms with van der Waals surface area (Å²) in [6.07, 6.45) is 1.50. The second-order valence-electron chi connectivity index (χ2n) is 3.64. The number of amides is 1. The van der Waals surface area contributed by atoms with E-state index in [1.54, 1.807) is 0 Å².